The summed E-state index contributed by atoms with van der Waals surface area (Å²) in [6, 6.07) is 0. The van der Waals surface area contributed by atoms with Gasteiger partial charge < -0.3 is 5.11 Å². The molecule has 1 nitrogen and oxygen atoms in total. The summed E-state index contributed by atoms with van der Waals surface area (Å²) in [4.78, 5) is 0. The van der Waals surface area contributed by atoms with E-state index in [0.717, 1.165) is 54.3 Å². The molecule has 4 rings (SSSR count). The minimum atomic E-state index is -0.0342. The molecule has 0 aromatic rings. The van der Waals surface area contributed by atoms with Crippen LogP contribution in [0.3, 0.4) is 0 Å². The van der Waals surface area contributed by atoms with E-state index in [9.17, 15) is 5.11 Å². The van der Waals surface area contributed by atoms with Crippen LogP contribution in [-0.2, 0) is 0 Å². The molecule has 6 unspecified atom stereocenters. The van der Waals surface area contributed by atoms with E-state index in [4.69, 9.17) is 0 Å². The van der Waals surface area contributed by atoms with Crippen molar-refractivity contribution in [2.45, 2.75) is 169 Å². The topological polar surface area (TPSA) is 20.2 Å². The van der Waals surface area contributed by atoms with Gasteiger partial charge in [-0.3, -0.25) is 0 Å². The average Bonchev–Trinajstić information content (AvgIpc) is 2.99. The molecule has 2 fully saturated rings. The van der Waals surface area contributed by atoms with Crippen LogP contribution in [0.5, 0.6) is 0 Å². The smallest absolute Gasteiger partial charge is 0.0540 e. The Morgan fingerprint density at radius 3 is 2.25 bits per heavy atom. The Morgan fingerprint density at radius 1 is 0.850 bits per heavy atom. The second-order valence-electron chi connectivity index (χ2n) is 14.5. The van der Waals surface area contributed by atoms with Crippen LogP contribution >= 0.6 is 0 Å². The standard InChI is InChI=1S/C39H66O/c1-5-14-30(15-6-2)29(7-3)18-13-21-37(32-24-26-35(40)27-25-32)39-20-12-11-19-38(39)36(8-4)34-23-22-31-16-9-10-17-33(31)28-34/h14,22-23,29,32,34-40H,5-13,15-21,24-28H2,1-4H3/b30-14+. The fourth-order valence-electron chi connectivity index (χ4n) is 10.1. The van der Waals surface area contributed by atoms with Crippen molar-refractivity contribution >= 4 is 0 Å². The van der Waals surface area contributed by atoms with Crippen molar-refractivity contribution in [2.75, 3.05) is 0 Å². The molecule has 0 heterocycles. The molecule has 1 N–H and O–H groups in total. The molecule has 4 aliphatic carbocycles. The Bertz CT molecular complexity index is 824. The fourth-order valence-corrected chi connectivity index (χ4v) is 10.1. The molecule has 4 aliphatic rings. The van der Waals surface area contributed by atoms with E-state index in [0.29, 0.717) is 0 Å². The highest BCUT2D eigenvalue weighted by atomic mass is 16.3. The van der Waals surface area contributed by atoms with Gasteiger partial charge in [0.15, 0.2) is 0 Å². The maximum atomic E-state index is 10.4. The Balaban J connectivity index is 1.50. The summed E-state index contributed by atoms with van der Waals surface area (Å²) in [6.45, 7) is 9.61. The number of rotatable bonds is 14. The second kappa shape index (κ2) is 16.7. The monoisotopic (exact) mass is 551 g/mol. The van der Waals surface area contributed by atoms with E-state index < -0.39 is 0 Å². The summed E-state index contributed by atoms with van der Waals surface area (Å²) in [7, 11) is 0. The molecule has 0 aromatic heterocycles. The summed E-state index contributed by atoms with van der Waals surface area (Å²) >= 11 is 0. The molecular weight excluding hydrogens is 484 g/mol. The SMILES string of the molecule is CC/C=C(\CCC)C(CC)CCCC(C1CCC(O)CC1)C1CCCCC1C(CC)C1C=CC2=C(CCCC2)C1. The Kier molecular flexibility index (Phi) is 13.4. The van der Waals surface area contributed by atoms with Gasteiger partial charge in [0.1, 0.15) is 0 Å². The first-order valence-electron chi connectivity index (χ1n) is 18.3. The lowest BCUT2D eigenvalue weighted by Crippen LogP contribution is -2.39. The van der Waals surface area contributed by atoms with Gasteiger partial charge in [-0.2, -0.15) is 0 Å². The van der Waals surface area contributed by atoms with Crippen LogP contribution in [0.2, 0.25) is 0 Å². The highest BCUT2D eigenvalue weighted by Crippen LogP contribution is 2.51. The van der Waals surface area contributed by atoms with Crippen molar-refractivity contribution in [3.05, 3.63) is 34.9 Å². The third-order valence-corrected chi connectivity index (χ3v) is 12.1. The molecule has 0 saturated heterocycles. The van der Waals surface area contributed by atoms with Crippen LogP contribution in [0.25, 0.3) is 0 Å². The summed E-state index contributed by atoms with van der Waals surface area (Å²) in [5.41, 5.74) is 5.30. The highest BCUT2D eigenvalue weighted by molar-refractivity contribution is 5.32. The molecule has 2 saturated carbocycles. The van der Waals surface area contributed by atoms with Crippen molar-refractivity contribution in [1.82, 2.24) is 0 Å². The number of aliphatic hydroxyl groups is 1. The molecule has 0 aliphatic heterocycles. The minimum absolute atomic E-state index is 0.0342. The minimum Gasteiger partial charge on any atom is -0.393 e. The number of allylic oxidation sites excluding steroid dienone is 6. The molecule has 40 heavy (non-hydrogen) atoms. The molecule has 0 aromatic carbocycles. The van der Waals surface area contributed by atoms with Gasteiger partial charge in [0.25, 0.3) is 0 Å². The maximum absolute atomic E-state index is 10.4. The summed E-state index contributed by atoms with van der Waals surface area (Å²) < 4.78 is 0. The third-order valence-electron chi connectivity index (χ3n) is 12.1. The van der Waals surface area contributed by atoms with Gasteiger partial charge in [-0.05, 0) is 150 Å². The molecule has 0 bridgehead atoms. The Hall–Kier alpha value is -0.820. The highest BCUT2D eigenvalue weighted by Gasteiger charge is 2.42. The summed E-state index contributed by atoms with van der Waals surface area (Å²) in [5.74, 6) is 5.99. The number of hydrogen-bond donors (Lipinski definition) is 1. The van der Waals surface area contributed by atoms with E-state index in [1.165, 1.54) is 122 Å². The van der Waals surface area contributed by atoms with Crippen molar-refractivity contribution in [3.8, 4) is 0 Å². The first-order chi connectivity index (χ1) is 19.6. The van der Waals surface area contributed by atoms with Gasteiger partial charge in [0.2, 0.25) is 0 Å². The lowest BCUT2D eigenvalue weighted by atomic mass is 9.58. The second-order valence-corrected chi connectivity index (χ2v) is 14.5. The van der Waals surface area contributed by atoms with Crippen LogP contribution < -0.4 is 0 Å². The van der Waals surface area contributed by atoms with Crippen LogP contribution in [0.4, 0.5) is 0 Å². The molecule has 1 heteroatoms. The normalized spacial score (nSPS) is 32.0. The van der Waals surface area contributed by atoms with Crippen LogP contribution in [-0.4, -0.2) is 11.2 Å². The van der Waals surface area contributed by atoms with E-state index >= 15 is 0 Å². The summed E-state index contributed by atoms with van der Waals surface area (Å²) in [5, 5.41) is 10.4. The lowest BCUT2D eigenvalue weighted by molar-refractivity contribution is 0.0203. The number of aliphatic hydroxyl groups excluding tert-OH is 1. The maximum Gasteiger partial charge on any atom is 0.0540 e. The van der Waals surface area contributed by atoms with Gasteiger partial charge in [-0.15, -0.1) is 0 Å². The molecule has 0 spiro atoms. The van der Waals surface area contributed by atoms with Crippen LogP contribution in [0.15, 0.2) is 34.9 Å². The zero-order valence-electron chi connectivity index (χ0n) is 27.1. The predicted molar refractivity (Wildman–Crippen MR) is 174 cm³/mol. The van der Waals surface area contributed by atoms with Crippen molar-refractivity contribution in [1.29, 1.82) is 0 Å². The lowest BCUT2D eigenvalue weighted by Gasteiger charge is -2.47. The zero-order valence-corrected chi connectivity index (χ0v) is 27.1. The Morgan fingerprint density at radius 2 is 1.57 bits per heavy atom. The zero-order chi connectivity index (χ0) is 28.3. The predicted octanol–water partition coefficient (Wildman–Crippen LogP) is 11.8. The van der Waals surface area contributed by atoms with E-state index in [1.54, 1.807) is 11.1 Å². The average molecular weight is 551 g/mol. The van der Waals surface area contributed by atoms with E-state index in [1.807, 2.05) is 5.57 Å². The first kappa shape index (κ1) is 32.1. The van der Waals surface area contributed by atoms with Crippen molar-refractivity contribution < 1.29 is 5.11 Å². The molecule has 6 atom stereocenters. The molecule has 0 radical (unpaired) electrons. The van der Waals surface area contributed by atoms with E-state index in [-0.39, 0.29) is 6.10 Å². The van der Waals surface area contributed by atoms with Gasteiger partial charge in [-0.1, -0.05) is 89.2 Å². The van der Waals surface area contributed by atoms with Gasteiger partial charge in [0.05, 0.1) is 6.10 Å². The quantitative estimate of drug-likeness (QED) is 0.213. The van der Waals surface area contributed by atoms with Crippen LogP contribution in [0.1, 0.15) is 163 Å². The molecule has 0 amide bonds. The van der Waals surface area contributed by atoms with E-state index in [2.05, 4.69) is 45.9 Å². The third kappa shape index (κ3) is 8.39. The van der Waals surface area contributed by atoms with Crippen molar-refractivity contribution in [3.63, 3.8) is 0 Å². The Labute approximate surface area is 249 Å². The van der Waals surface area contributed by atoms with Crippen LogP contribution in [0, 0.1) is 41.4 Å². The van der Waals surface area contributed by atoms with Gasteiger partial charge in [-0.25, -0.2) is 0 Å². The first-order valence-corrected chi connectivity index (χ1v) is 18.3. The molecule has 228 valence electrons. The van der Waals surface area contributed by atoms with Crippen molar-refractivity contribution in [2.24, 2.45) is 41.4 Å². The fraction of sp³-hybridized carbons (Fsp3) is 0.846. The number of hydrogen-bond acceptors (Lipinski definition) is 1. The van der Waals surface area contributed by atoms with Gasteiger partial charge >= 0.3 is 0 Å². The van der Waals surface area contributed by atoms with Gasteiger partial charge in [0, 0.05) is 0 Å². The largest absolute Gasteiger partial charge is 0.393 e. The molecular formula is C39H66O. The summed E-state index contributed by atoms with van der Waals surface area (Å²) in [6.07, 6.45) is 35.9.